The van der Waals surface area contributed by atoms with Gasteiger partial charge in [-0.25, -0.2) is 0 Å². The predicted octanol–water partition coefficient (Wildman–Crippen LogP) is 5.86. The molecule has 2 fully saturated rings. The first-order chi connectivity index (χ1) is 13.0. The number of carbonyl (C=O) groups excluding carboxylic acids is 1. The van der Waals surface area contributed by atoms with Gasteiger partial charge in [-0.15, -0.1) is 0 Å². The minimum absolute atomic E-state index is 0.0144. The highest BCUT2D eigenvalue weighted by Gasteiger charge is 2.53. The Hall–Kier alpha value is -0.870. The third kappa shape index (κ3) is 5.35. The fourth-order valence-corrected chi connectivity index (χ4v) is 4.93. The molecule has 3 nitrogen and oxygen atoms in total. The van der Waals surface area contributed by atoms with Crippen molar-refractivity contribution in [2.24, 2.45) is 17.3 Å². The zero-order valence-corrected chi connectivity index (χ0v) is 18.4. The Morgan fingerprint density at radius 2 is 2.07 bits per heavy atom. The van der Waals surface area contributed by atoms with E-state index in [0.29, 0.717) is 5.92 Å². The smallest absolute Gasteiger partial charge is 0.310 e. The van der Waals surface area contributed by atoms with Gasteiger partial charge in [-0.1, -0.05) is 67.6 Å². The van der Waals surface area contributed by atoms with E-state index in [9.17, 15) is 4.79 Å². The Balaban J connectivity index is 1.45. The standard InChI is InChI=1S/C23H34BrNO2/c1-3-4-5-6-7-17(2)21(26)27-22-23(16-25-22)13-12-19(15-23)14-18-8-10-20(24)11-9-18/h8-11,17,19,22,25H,3-7,12-16H2,1-2H3. The lowest BCUT2D eigenvalue weighted by atomic mass is 9.76. The van der Waals surface area contributed by atoms with Crippen LogP contribution >= 0.6 is 15.9 Å². The fraction of sp³-hybridized carbons (Fsp3) is 0.696. The summed E-state index contributed by atoms with van der Waals surface area (Å²) in [6.07, 6.45) is 10.4. The van der Waals surface area contributed by atoms with Gasteiger partial charge >= 0.3 is 5.97 Å². The molecule has 0 aromatic heterocycles. The van der Waals surface area contributed by atoms with Crippen molar-refractivity contribution in [2.45, 2.75) is 77.9 Å². The summed E-state index contributed by atoms with van der Waals surface area (Å²) in [7, 11) is 0. The molecule has 1 saturated heterocycles. The van der Waals surface area contributed by atoms with Crippen LogP contribution in [0.25, 0.3) is 0 Å². The molecule has 27 heavy (non-hydrogen) atoms. The highest BCUT2D eigenvalue weighted by atomic mass is 79.9. The van der Waals surface area contributed by atoms with Gasteiger partial charge in [0.05, 0.1) is 5.92 Å². The van der Waals surface area contributed by atoms with E-state index in [0.717, 1.165) is 30.3 Å². The summed E-state index contributed by atoms with van der Waals surface area (Å²) in [5.41, 5.74) is 1.58. The molecule has 3 rings (SSSR count). The summed E-state index contributed by atoms with van der Waals surface area (Å²) in [5, 5.41) is 3.38. The molecule has 150 valence electrons. The van der Waals surface area contributed by atoms with Crippen LogP contribution in [0.15, 0.2) is 28.7 Å². The van der Waals surface area contributed by atoms with Crippen molar-refractivity contribution >= 4 is 21.9 Å². The lowest BCUT2D eigenvalue weighted by Crippen LogP contribution is -2.63. The number of unbranched alkanes of at least 4 members (excludes halogenated alkanes) is 3. The first kappa shape index (κ1) is 20.9. The molecule has 0 radical (unpaired) electrons. The quantitative estimate of drug-likeness (QED) is 0.389. The second-order valence-electron chi connectivity index (χ2n) is 8.75. The predicted molar refractivity (Wildman–Crippen MR) is 113 cm³/mol. The van der Waals surface area contributed by atoms with Crippen molar-refractivity contribution in [1.29, 1.82) is 0 Å². The summed E-state index contributed by atoms with van der Waals surface area (Å²) >= 11 is 3.51. The van der Waals surface area contributed by atoms with E-state index in [1.54, 1.807) is 0 Å². The molecule has 1 spiro atoms. The van der Waals surface area contributed by atoms with Crippen LogP contribution in [0.5, 0.6) is 0 Å². The number of nitrogens with one attached hydrogen (secondary N) is 1. The molecular formula is C23H34BrNO2. The zero-order chi connectivity index (χ0) is 19.3. The molecule has 4 unspecified atom stereocenters. The van der Waals surface area contributed by atoms with E-state index in [4.69, 9.17) is 4.74 Å². The normalized spacial score (nSPS) is 28.1. The Morgan fingerprint density at radius 3 is 2.74 bits per heavy atom. The topological polar surface area (TPSA) is 38.3 Å². The van der Waals surface area contributed by atoms with Crippen molar-refractivity contribution in [2.75, 3.05) is 6.54 Å². The van der Waals surface area contributed by atoms with Gasteiger partial charge in [0, 0.05) is 16.4 Å². The summed E-state index contributed by atoms with van der Waals surface area (Å²) in [6, 6.07) is 8.67. The van der Waals surface area contributed by atoms with Crippen LogP contribution in [0.1, 0.15) is 70.8 Å². The van der Waals surface area contributed by atoms with Crippen LogP contribution in [-0.2, 0) is 16.0 Å². The largest absolute Gasteiger partial charge is 0.446 e. The first-order valence-electron chi connectivity index (χ1n) is 10.7. The van der Waals surface area contributed by atoms with Crippen LogP contribution in [0.3, 0.4) is 0 Å². The Kier molecular flexibility index (Phi) is 7.38. The minimum atomic E-state index is -0.0713. The van der Waals surface area contributed by atoms with Crippen LogP contribution in [0.4, 0.5) is 0 Å². The van der Waals surface area contributed by atoms with Crippen LogP contribution in [0.2, 0.25) is 0 Å². The highest BCUT2D eigenvalue weighted by Crippen LogP contribution is 2.49. The number of rotatable bonds is 9. The van der Waals surface area contributed by atoms with E-state index in [2.05, 4.69) is 52.4 Å². The van der Waals surface area contributed by atoms with E-state index in [1.165, 1.54) is 44.1 Å². The SMILES string of the molecule is CCCCCCC(C)C(=O)OC1NCC12CCC(Cc1ccc(Br)cc1)C2. The number of esters is 1. The number of ether oxygens (including phenoxy) is 1. The molecule has 1 aliphatic heterocycles. The first-order valence-corrected chi connectivity index (χ1v) is 11.5. The van der Waals surface area contributed by atoms with E-state index in [1.807, 2.05) is 6.92 Å². The van der Waals surface area contributed by atoms with Crippen molar-refractivity contribution in [3.63, 3.8) is 0 Å². The third-order valence-corrected chi connectivity index (χ3v) is 7.03. The second kappa shape index (κ2) is 9.56. The average molecular weight is 436 g/mol. The van der Waals surface area contributed by atoms with Gasteiger partial charge in [0.25, 0.3) is 0 Å². The number of benzene rings is 1. The second-order valence-corrected chi connectivity index (χ2v) is 9.67. The number of hydrogen-bond donors (Lipinski definition) is 1. The molecule has 1 heterocycles. The van der Waals surface area contributed by atoms with Gasteiger partial charge in [0.2, 0.25) is 0 Å². The highest BCUT2D eigenvalue weighted by molar-refractivity contribution is 9.10. The lowest BCUT2D eigenvalue weighted by molar-refractivity contribution is -0.176. The lowest BCUT2D eigenvalue weighted by Gasteiger charge is -2.47. The van der Waals surface area contributed by atoms with Gasteiger partial charge in [-0.05, 0) is 55.7 Å². The molecule has 0 bridgehead atoms. The molecule has 1 aromatic rings. The van der Waals surface area contributed by atoms with Gasteiger partial charge in [-0.2, -0.15) is 0 Å². The van der Waals surface area contributed by atoms with E-state index in [-0.39, 0.29) is 23.5 Å². The third-order valence-electron chi connectivity index (χ3n) is 6.51. The monoisotopic (exact) mass is 435 g/mol. The molecule has 4 heteroatoms. The molecule has 1 saturated carbocycles. The molecular weight excluding hydrogens is 402 g/mol. The zero-order valence-electron chi connectivity index (χ0n) is 16.8. The van der Waals surface area contributed by atoms with Gasteiger partial charge in [0.15, 0.2) is 6.23 Å². The summed E-state index contributed by atoms with van der Waals surface area (Å²) in [4.78, 5) is 12.5. The molecule has 1 aliphatic carbocycles. The fourth-order valence-electron chi connectivity index (χ4n) is 4.67. The maximum absolute atomic E-state index is 12.5. The molecule has 2 aliphatic rings. The molecule has 1 aromatic carbocycles. The van der Waals surface area contributed by atoms with Crippen LogP contribution < -0.4 is 5.32 Å². The summed E-state index contributed by atoms with van der Waals surface area (Å²) in [6.45, 7) is 5.22. The van der Waals surface area contributed by atoms with Crippen molar-refractivity contribution in [1.82, 2.24) is 5.32 Å². The summed E-state index contributed by atoms with van der Waals surface area (Å²) < 4.78 is 7.03. The van der Waals surface area contributed by atoms with Gasteiger partial charge < -0.3 is 4.74 Å². The van der Waals surface area contributed by atoms with Crippen molar-refractivity contribution in [3.05, 3.63) is 34.3 Å². The molecule has 4 atom stereocenters. The van der Waals surface area contributed by atoms with Crippen LogP contribution in [-0.4, -0.2) is 18.7 Å². The maximum atomic E-state index is 12.5. The number of halogens is 1. The summed E-state index contributed by atoms with van der Waals surface area (Å²) in [5.74, 6) is 0.696. The number of hydrogen-bond acceptors (Lipinski definition) is 3. The van der Waals surface area contributed by atoms with E-state index < -0.39 is 0 Å². The Bertz CT molecular complexity index is 617. The minimum Gasteiger partial charge on any atom is -0.446 e. The van der Waals surface area contributed by atoms with Crippen molar-refractivity contribution < 1.29 is 9.53 Å². The van der Waals surface area contributed by atoms with Gasteiger partial charge in [-0.3, -0.25) is 10.1 Å². The Labute approximate surface area is 172 Å². The number of carbonyl (C=O) groups is 1. The van der Waals surface area contributed by atoms with Crippen molar-refractivity contribution in [3.8, 4) is 0 Å². The van der Waals surface area contributed by atoms with Gasteiger partial charge in [0.1, 0.15) is 0 Å². The maximum Gasteiger partial charge on any atom is 0.310 e. The van der Waals surface area contributed by atoms with E-state index >= 15 is 0 Å². The molecule has 0 amide bonds. The average Bonchev–Trinajstić information content (AvgIpc) is 3.10. The Morgan fingerprint density at radius 1 is 1.30 bits per heavy atom. The van der Waals surface area contributed by atoms with Crippen LogP contribution in [0, 0.1) is 17.3 Å². The molecule has 1 N–H and O–H groups in total.